The lowest BCUT2D eigenvalue weighted by Crippen LogP contribution is -2.60. The van der Waals surface area contributed by atoms with Crippen molar-refractivity contribution in [1.29, 1.82) is 0 Å². The summed E-state index contributed by atoms with van der Waals surface area (Å²) >= 11 is 0. The number of aliphatic carboxylic acids is 1. The van der Waals surface area contributed by atoms with E-state index in [1.165, 1.54) is 26.5 Å². The number of amides is 6. The molecule has 6 fully saturated rings. The first-order valence-electron chi connectivity index (χ1n) is 18.5. The minimum atomic E-state index is -1.22. The number of carbonyl (C=O) groups excluding carboxylic acids is 6. The Kier molecular flexibility index (Phi) is 11.0. The second kappa shape index (κ2) is 15.2. The SMILES string of the molecule is C[C@@H](O)[C@H](NC(=O)[C@@H]1CCCN1)C(=O)N1CCC[C@H]1C(=O)N1CCC[C@H]1C(=O)N1CCC[C@H]1C(=O)N1CCC[C@H]1C(=O)N1CCC[C@H]1C(=O)O. The molecule has 0 aromatic carbocycles. The number of aliphatic hydroxyl groups is 1. The molecule has 276 valence electrons. The van der Waals surface area contributed by atoms with Crippen LogP contribution in [0.1, 0.15) is 84.0 Å². The van der Waals surface area contributed by atoms with E-state index in [2.05, 4.69) is 10.6 Å². The maximum Gasteiger partial charge on any atom is 0.326 e. The van der Waals surface area contributed by atoms with Gasteiger partial charge in [-0.2, -0.15) is 0 Å². The summed E-state index contributed by atoms with van der Waals surface area (Å²) < 4.78 is 0. The lowest BCUT2D eigenvalue weighted by molar-refractivity contribution is -0.155. The van der Waals surface area contributed by atoms with Crippen molar-refractivity contribution in [1.82, 2.24) is 35.1 Å². The molecule has 6 saturated heterocycles. The first kappa shape index (κ1) is 36.0. The molecular weight excluding hydrogens is 650 g/mol. The monoisotopic (exact) mass is 701 g/mol. The standard InChI is InChI=1S/C34H51N7O9/c1-20(42)27(36-28(43)21-8-2-14-35-21)33(48)40-18-6-12-25(40)31(46)38-16-4-10-23(38)29(44)37-15-3-9-22(37)30(45)39-17-5-11-24(39)32(47)41-19-7-13-26(41)34(49)50/h20-27,35,42H,2-19H2,1H3,(H,36,43)(H,49,50)/t20-,21+,22+,23+,24+,25+,26+,27+/m1/s1. The van der Waals surface area contributed by atoms with Gasteiger partial charge in [0.1, 0.15) is 36.3 Å². The molecule has 0 aromatic rings. The van der Waals surface area contributed by atoms with Crippen LogP contribution in [0.5, 0.6) is 0 Å². The van der Waals surface area contributed by atoms with Crippen LogP contribution in [-0.4, -0.2) is 164 Å². The Balaban J connectivity index is 1.12. The zero-order chi connectivity index (χ0) is 35.7. The number of likely N-dealkylation sites (tertiary alicyclic amines) is 5. The molecule has 6 aliphatic heterocycles. The van der Waals surface area contributed by atoms with E-state index in [1.54, 1.807) is 4.90 Å². The van der Waals surface area contributed by atoms with E-state index in [9.17, 15) is 43.8 Å². The minimum Gasteiger partial charge on any atom is -0.480 e. The second-order valence-corrected chi connectivity index (χ2v) is 14.7. The van der Waals surface area contributed by atoms with Crippen molar-refractivity contribution in [3.8, 4) is 0 Å². The Bertz CT molecular complexity index is 1370. The zero-order valence-corrected chi connectivity index (χ0v) is 28.8. The Hall–Kier alpha value is -3.79. The quantitative estimate of drug-likeness (QED) is 0.223. The van der Waals surface area contributed by atoms with Crippen LogP contribution in [0.15, 0.2) is 0 Å². The normalized spacial score (nSPS) is 31.0. The van der Waals surface area contributed by atoms with Crippen LogP contribution < -0.4 is 10.6 Å². The van der Waals surface area contributed by atoms with Gasteiger partial charge in [-0.05, 0) is 90.5 Å². The molecular formula is C34H51N7O9. The summed E-state index contributed by atoms with van der Waals surface area (Å²) in [5, 5.41) is 25.9. The molecule has 0 aromatic heterocycles. The number of hydrogen-bond donors (Lipinski definition) is 4. The van der Waals surface area contributed by atoms with E-state index in [4.69, 9.17) is 0 Å². The summed E-state index contributed by atoms with van der Waals surface area (Å²) in [6.07, 6.45) is 5.26. The van der Waals surface area contributed by atoms with Crippen LogP contribution in [0.3, 0.4) is 0 Å². The second-order valence-electron chi connectivity index (χ2n) is 14.7. The van der Waals surface area contributed by atoms with Crippen molar-refractivity contribution in [3.05, 3.63) is 0 Å². The molecule has 6 rings (SSSR count). The summed E-state index contributed by atoms with van der Waals surface area (Å²) in [6, 6.07) is -5.74. The van der Waals surface area contributed by atoms with E-state index < -0.39 is 60.3 Å². The first-order valence-corrected chi connectivity index (χ1v) is 18.5. The highest BCUT2D eigenvalue weighted by Crippen LogP contribution is 2.32. The topological polar surface area (TPSA) is 200 Å². The highest BCUT2D eigenvalue weighted by molar-refractivity contribution is 5.98. The van der Waals surface area contributed by atoms with Gasteiger partial charge in [-0.3, -0.25) is 28.8 Å². The van der Waals surface area contributed by atoms with E-state index in [1.807, 2.05) is 0 Å². The Morgan fingerprint density at radius 2 is 0.960 bits per heavy atom. The van der Waals surface area contributed by atoms with E-state index >= 15 is 0 Å². The predicted molar refractivity (Wildman–Crippen MR) is 176 cm³/mol. The number of carbonyl (C=O) groups is 7. The smallest absolute Gasteiger partial charge is 0.326 e. The number of carboxylic acid groups (broad SMARTS) is 1. The summed E-state index contributed by atoms with van der Waals surface area (Å²) in [7, 11) is 0. The summed E-state index contributed by atoms with van der Waals surface area (Å²) in [5.41, 5.74) is 0. The molecule has 8 atom stereocenters. The molecule has 4 N–H and O–H groups in total. The molecule has 16 heteroatoms. The van der Waals surface area contributed by atoms with Crippen LogP contribution >= 0.6 is 0 Å². The third-order valence-electron chi connectivity index (χ3n) is 11.5. The Morgan fingerprint density at radius 3 is 1.34 bits per heavy atom. The van der Waals surface area contributed by atoms with Crippen LogP contribution in [0.2, 0.25) is 0 Å². The highest BCUT2D eigenvalue weighted by atomic mass is 16.4. The van der Waals surface area contributed by atoms with E-state index in [0.717, 1.165) is 6.42 Å². The molecule has 6 aliphatic rings. The summed E-state index contributed by atoms with van der Waals surface area (Å²) in [5.74, 6) is -3.31. The van der Waals surface area contributed by atoms with Crippen LogP contribution in [-0.2, 0) is 33.6 Å². The van der Waals surface area contributed by atoms with E-state index in [0.29, 0.717) is 103 Å². The average Bonchev–Trinajstić information content (AvgIpc) is 3.96. The van der Waals surface area contributed by atoms with Gasteiger partial charge in [-0.15, -0.1) is 0 Å². The lowest BCUT2D eigenvalue weighted by atomic mass is 10.1. The number of nitrogens with one attached hydrogen (secondary N) is 2. The van der Waals surface area contributed by atoms with Crippen LogP contribution in [0.25, 0.3) is 0 Å². The van der Waals surface area contributed by atoms with Crippen molar-refractivity contribution < 1.29 is 43.8 Å². The van der Waals surface area contributed by atoms with Crippen molar-refractivity contribution in [2.75, 3.05) is 39.3 Å². The minimum absolute atomic E-state index is 0.283. The van der Waals surface area contributed by atoms with Crippen LogP contribution in [0.4, 0.5) is 0 Å². The molecule has 0 bridgehead atoms. The third kappa shape index (κ3) is 6.92. The molecule has 6 amide bonds. The number of aliphatic hydroxyl groups excluding tert-OH is 1. The van der Waals surface area contributed by atoms with Gasteiger partial charge in [-0.1, -0.05) is 0 Å². The zero-order valence-electron chi connectivity index (χ0n) is 28.8. The van der Waals surface area contributed by atoms with Crippen molar-refractivity contribution in [2.24, 2.45) is 0 Å². The fraction of sp³-hybridized carbons (Fsp3) is 0.794. The molecule has 16 nitrogen and oxygen atoms in total. The van der Waals surface area contributed by atoms with Gasteiger partial charge in [-0.25, -0.2) is 4.79 Å². The molecule has 0 radical (unpaired) electrons. The predicted octanol–water partition coefficient (Wildman–Crippen LogP) is -1.36. The molecule has 50 heavy (non-hydrogen) atoms. The van der Waals surface area contributed by atoms with Crippen molar-refractivity contribution in [2.45, 2.75) is 132 Å². The maximum absolute atomic E-state index is 14.2. The molecule has 6 heterocycles. The van der Waals surface area contributed by atoms with Gasteiger partial charge in [0, 0.05) is 32.7 Å². The summed E-state index contributed by atoms with van der Waals surface area (Å²) in [4.78, 5) is 101. The Labute approximate surface area is 291 Å². The Morgan fingerprint density at radius 1 is 0.580 bits per heavy atom. The largest absolute Gasteiger partial charge is 0.480 e. The van der Waals surface area contributed by atoms with Gasteiger partial charge in [0.2, 0.25) is 35.4 Å². The van der Waals surface area contributed by atoms with Crippen molar-refractivity contribution in [3.63, 3.8) is 0 Å². The first-order chi connectivity index (χ1) is 24.0. The van der Waals surface area contributed by atoms with Gasteiger partial charge < -0.3 is 45.3 Å². The maximum atomic E-state index is 14.2. The van der Waals surface area contributed by atoms with Crippen LogP contribution in [0, 0.1) is 0 Å². The number of hydrogen-bond acceptors (Lipinski definition) is 9. The number of nitrogens with zero attached hydrogens (tertiary/aromatic N) is 5. The van der Waals surface area contributed by atoms with Gasteiger partial charge in [0.15, 0.2) is 0 Å². The van der Waals surface area contributed by atoms with Gasteiger partial charge >= 0.3 is 5.97 Å². The fourth-order valence-corrected chi connectivity index (χ4v) is 8.93. The number of rotatable bonds is 9. The lowest BCUT2D eigenvalue weighted by Gasteiger charge is -2.36. The third-order valence-corrected chi connectivity index (χ3v) is 11.5. The molecule has 0 aliphatic carbocycles. The van der Waals surface area contributed by atoms with Gasteiger partial charge in [0.25, 0.3) is 0 Å². The summed E-state index contributed by atoms with van der Waals surface area (Å²) in [6.45, 7) is 3.77. The van der Waals surface area contributed by atoms with Gasteiger partial charge in [0.05, 0.1) is 12.1 Å². The fourth-order valence-electron chi connectivity index (χ4n) is 8.93. The molecule has 0 unspecified atom stereocenters. The molecule has 0 spiro atoms. The number of carboxylic acids is 1. The van der Waals surface area contributed by atoms with Crippen molar-refractivity contribution >= 4 is 41.4 Å². The molecule has 0 saturated carbocycles. The average molecular weight is 702 g/mol. The highest BCUT2D eigenvalue weighted by Gasteiger charge is 2.49. The van der Waals surface area contributed by atoms with E-state index in [-0.39, 0.29) is 36.1 Å².